The Bertz CT molecular complexity index is 2770. The van der Waals surface area contributed by atoms with E-state index in [0.717, 1.165) is 142 Å². The molecule has 0 amide bonds. The molecule has 0 atom stereocenters. The summed E-state index contributed by atoms with van der Waals surface area (Å²) >= 11 is 0. The highest BCUT2D eigenvalue weighted by molar-refractivity contribution is 6.41. The molecule has 0 radical (unpaired) electrons. The van der Waals surface area contributed by atoms with Crippen molar-refractivity contribution in [2.75, 3.05) is 26.4 Å². The second kappa shape index (κ2) is 43.0. The van der Waals surface area contributed by atoms with Crippen LogP contribution in [0.3, 0.4) is 0 Å². The lowest BCUT2D eigenvalue weighted by Crippen LogP contribution is -2.08. The fourth-order valence-electron chi connectivity index (χ4n) is 12.5. The van der Waals surface area contributed by atoms with Crippen molar-refractivity contribution >= 4 is 34.0 Å². The van der Waals surface area contributed by atoms with Crippen LogP contribution in [0.5, 0.6) is 23.0 Å². The van der Waals surface area contributed by atoms with Crippen LogP contribution in [0.25, 0.3) is 11.1 Å². The van der Waals surface area contributed by atoms with Gasteiger partial charge in [0.05, 0.1) is 72.1 Å². The van der Waals surface area contributed by atoms with Crippen molar-refractivity contribution in [1.82, 2.24) is 0 Å². The highest BCUT2D eigenvalue weighted by atomic mass is 16.5. The van der Waals surface area contributed by atoms with Gasteiger partial charge in [-0.3, -0.25) is 0 Å². The van der Waals surface area contributed by atoms with Gasteiger partial charge in [0.25, 0.3) is 0 Å². The summed E-state index contributed by atoms with van der Waals surface area (Å²) in [6.07, 6.45) is 71.5. The lowest BCUT2D eigenvalue weighted by molar-refractivity contribution is 0.257. The summed E-state index contributed by atoms with van der Waals surface area (Å²) in [6.45, 7) is 11.6. The van der Waals surface area contributed by atoms with E-state index in [1.807, 2.05) is 24.3 Å². The van der Waals surface area contributed by atoms with Gasteiger partial charge in [-0.25, -0.2) is 20.0 Å². The van der Waals surface area contributed by atoms with Crippen LogP contribution < -0.4 is 18.9 Å². The van der Waals surface area contributed by atoms with E-state index in [1.54, 1.807) is 0 Å². The lowest BCUT2D eigenvalue weighted by Gasteiger charge is -2.21. The smallest absolute Gasteiger partial charge is 0.169 e. The zero-order valence-electron chi connectivity index (χ0n) is 55.8. The minimum absolute atomic E-state index is 0.594. The summed E-state index contributed by atoms with van der Waals surface area (Å²) in [6, 6.07) is 12.9. The minimum Gasteiger partial charge on any atom is -0.490 e. The van der Waals surface area contributed by atoms with Gasteiger partial charge in [0, 0.05) is 22.3 Å². The normalized spacial score (nSPS) is 14.9. The van der Waals surface area contributed by atoms with Gasteiger partial charge in [-0.1, -0.05) is 283 Å². The quantitative estimate of drug-likeness (QED) is 0.0618. The topological polar surface area (TPSA) is 86.4 Å². The zero-order valence-corrected chi connectivity index (χ0v) is 55.8. The molecule has 8 nitrogen and oxygen atoms in total. The van der Waals surface area contributed by atoms with Crippen LogP contribution in [0.15, 0.2) is 140 Å². The third-order valence-corrected chi connectivity index (χ3v) is 17.7. The van der Waals surface area contributed by atoms with E-state index in [-0.39, 0.29) is 0 Å². The second-order valence-electron chi connectivity index (χ2n) is 25.5. The first kappa shape index (κ1) is 69.7. The van der Waals surface area contributed by atoms with E-state index in [4.69, 9.17) is 38.9 Å². The fourth-order valence-corrected chi connectivity index (χ4v) is 12.5. The summed E-state index contributed by atoms with van der Waals surface area (Å²) in [4.78, 5) is 21.0. The predicted molar refractivity (Wildman–Crippen MR) is 379 cm³/mol. The van der Waals surface area contributed by atoms with Crippen molar-refractivity contribution in [3.63, 3.8) is 0 Å². The number of nitrogens with zero attached hydrogens (tertiary/aromatic N) is 4. The predicted octanol–water partition coefficient (Wildman–Crippen LogP) is 23.8. The molecule has 2 aromatic rings. The van der Waals surface area contributed by atoms with Crippen molar-refractivity contribution in [3.05, 3.63) is 131 Å². The van der Waals surface area contributed by atoms with E-state index < -0.39 is 0 Å². The summed E-state index contributed by atoms with van der Waals surface area (Å²) < 4.78 is 28.2. The number of ether oxygens (including phenoxy) is 4. The number of aliphatic imine (C=N–C) groups is 4. The molecule has 0 N–H and O–H groups in total. The number of unbranched alkanes of at least 4 members (excludes halogenated alkanes) is 36. The Morgan fingerprint density at radius 2 is 0.568 bits per heavy atom. The molecule has 2 aromatic carbocycles. The van der Waals surface area contributed by atoms with Gasteiger partial charge in [0.15, 0.2) is 23.0 Å². The summed E-state index contributed by atoms with van der Waals surface area (Å²) in [5.74, 6) is 3.07. The van der Waals surface area contributed by atoms with E-state index in [9.17, 15) is 0 Å². The van der Waals surface area contributed by atoms with Crippen LogP contribution in [0.1, 0.15) is 296 Å². The first-order chi connectivity index (χ1) is 43.6. The molecule has 88 heavy (non-hydrogen) atoms. The number of hydrogen-bond acceptors (Lipinski definition) is 8. The molecule has 8 bridgehead atoms. The Kier molecular flexibility index (Phi) is 34.1. The van der Waals surface area contributed by atoms with Crippen molar-refractivity contribution in [2.24, 2.45) is 20.0 Å². The lowest BCUT2D eigenvalue weighted by atomic mass is 9.90. The van der Waals surface area contributed by atoms with Gasteiger partial charge in [-0.15, -0.1) is 0 Å². The van der Waals surface area contributed by atoms with Crippen LogP contribution in [0.2, 0.25) is 0 Å². The molecule has 0 fully saturated rings. The molecule has 0 spiro atoms. The van der Waals surface area contributed by atoms with Gasteiger partial charge < -0.3 is 18.9 Å². The first-order valence-corrected chi connectivity index (χ1v) is 36.4. The fraction of sp³-hybridized carbons (Fsp3) is 0.600. The number of fused-ring (bicyclic) bond motifs is 4. The summed E-state index contributed by atoms with van der Waals surface area (Å²) in [5.41, 5.74) is 10.4. The Hall–Kier alpha value is -5.76. The first-order valence-electron chi connectivity index (χ1n) is 36.4. The number of allylic oxidation sites excluding steroid dienone is 12. The van der Waals surface area contributed by atoms with Crippen molar-refractivity contribution in [3.8, 4) is 23.0 Å². The van der Waals surface area contributed by atoms with Gasteiger partial charge in [0.2, 0.25) is 0 Å². The molecule has 0 saturated heterocycles. The van der Waals surface area contributed by atoms with Crippen LogP contribution in [0.4, 0.5) is 0 Å². The molecule has 5 aliphatic rings. The van der Waals surface area contributed by atoms with Gasteiger partial charge in [0.1, 0.15) is 0 Å². The molecule has 480 valence electrons. The van der Waals surface area contributed by atoms with E-state index in [0.29, 0.717) is 26.4 Å². The molecule has 0 saturated carbocycles. The molecule has 5 aliphatic heterocycles. The molecule has 8 heteroatoms. The van der Waals surface area contributed by atoms with E-state index in [2.05, 4.69) is 101 Å². The maximum Gasteiger partial charge on any atom is 0.169 e. The molecule has 0 aromatic heterocycles. The van der Waals surface area contributed by atoms with Gasteiger partial charge in [-0.2, -0.15) is 0 Å². The van der Waals surface area contributed by atoms with Crippen LogP contribution in [-0.2, 0) is 0 Å². The van der Waals surface area contributed by atoms with Gasteiger partial charge in [-0.05, 0) is 98.6 Å². The maximum atomic E-state index is 7.19. The average Bonchev–Trinajstić information content (AvgIpc) is 2.09. The molecule has 0 unspecified atom stereocenters. The molecule has 5 heterocycles. The van der Waals surface area contributed by atoms with Crippen molar-refractivity contribution in [2.45, 2.75) is 285 Å². The third kappa shape index (κ3) is 25.3. The zero-order chi connectivity index (χ0) is 61.3. The summed E-state index contributed by atoms with van der Waals surface area (Å²) in [7, 11) is 0. The largest absolute Gasteiger partial charge is 0.490 e. The Morgan fingerprint density at radius 1 is 0.273 bits per heavy atom. The Morgan fingerprint density at radius 3 is 0.920 bits per heavy atom. The summed E-state index contributed by atoms with van der Waals surface area (Å²) in [5, 5.41) is 0. The molecule has 7 rings (SSSR count). The minimum atomic E-state index is 0.594. The molecular formula is C80H116N4O4. The monoisotopic (exact) mass is 1200 g/mol. The highest BCUT2D eigenvalue weighted by Gasteiger charge is 2.32. The SMILES string of the molecule is CCCCCCCCCCCCOc1cccc(C2=C(c3cccc(OCCCCCCCCCCCC)c3OCCCCCCCCCCCC)C3=NC2=CC2=NC(=CC4=NC(=CC5=NC(=C3)C=C5)C=C4)C=C2)c1OCCCCCCCCCCCC. The van der Waals surface area contributed by atoms with Crippen LogP contribution in [0, 0.1) is 0 Å². The Labute approximate surface area is 535 Å². The van der Waals surface area contributed by atoms with Crippen LogP contribution in [-0.4, -0.2) is 49.3 Å². The highest BCUT2D eigenvalue weighted by Crippen LogP contribution is 2.49. The standard InChI is InChI=1S/C80H116N4O4/c1-5-9-13-17-21-25-29-33-37-41-57-85-75-49-45-47-71(79(75)87-59-43-39-35-31-27-23-19-15-11-7-3)77-73-63-69-55-53-67(82-69)61-65-51-52-66(81-65)62-68-54-56-70(83-68)64-74(84-73)78(77)72-48-46-50-76(86-58-42-38-34-30-26-22-18-14-10-6-2)80(72)88-60-44-40-36-32-28-24-20-16-12-8-4/h45-56,61-64H,5-44,57-60H2,1-4H3. The number of hydrogen-bond donors (Lipinski definition) is 0. The second-order valence-corrected chi connectivity index (χ2v) is 25.5. The molecule has 0 aliphatic carbocycles. The Balaban J connectivity index is 1.26. The maximum absolute atomic E-state index is 7.19. The van der Waals surface area contributed by atoms with E-state index in [1.165, 1.54) is 205 Å². The third-order valence-electron chi connectivity index (χ3n) is 17.7. The number of rotatable bonds is 50. The van der Waals surface area contributed by atoms with Crippen molar-refractivity contribution < 1.29 is 18.9 Å². The van der Waals surface area contributed by atoms with Gasteiger partial charge >= 0.3 is 0 Å². The van der Waals surface area contributed by atoms with Crippen LogP contribution >= 0.6 is 0 Å². The number of para-hydroxylation sites is 2. The molecular weight excluding hydrogens is 1080 g/mol. The average molecular weight is 1200 g/mol. The number of benzene rings is 2. The van der Waals surface area contributed by atoms with Crippen molar-refractivity contribution in [1.29, 1.82) is 0 Å². The van der Waals surface area contributed by atoms with E-state index >= 15 is 0 Å².